The van der Waals surface area contributed by atoms with Crippen LogP contribution in [0, 0.1) is 5.82 Å². The lowest BCUT2D eigenvalue weighted by Gasteiger charge is -2.22. The Morgan fingerprint density at radius 2 is 1.89 bits per heavy atom. The molecule has 1 amide bonds. The van der Waals surface area contributed by atoms with E-state index in [0.717, 1.165) is 6.26 Å². The summed E-state index contributed by atoms with van der Waals surface area (Å²) in [6.07, 6.45) is 1.53. The molecule has 0 aliphatic rings. The Bertz CT molecular complexity index is 528. The van der Waals surface area contributed by atoms with Gasteiger partial charge in [0, 0.05) is 18.5 Å². The quantitative estimate of drug-likeness (QED) is 0.829. The first-order chi connectivity index (χ1) is 8.83. The fourth-order valence-electron chi connectivity index (χ4n) is 1.57. The van der Waals surface area contributed by atoms with E-state index in [-0.39, 0.29) is 0 Å². The van der Waals surface area contributed by atoms with Gasteiger partial charge in [0.05, 0.1) is 0 Å². The second-order valence-electron chi connectivity index (χ2n) is 4.23. The smallest absolute Gasteiger partial charge is 0.242 e. The Hall–Kier alpha value is -1.47. The average Bonchev–Trinajstić information content (AvgIpc) is 2.29. The van der Waals surface area contributed by atoms with E-state index in [1.54, 1.807) is 0 Å². The number of nitrogens with zero attached hydrogens (tertiary/aromatic N) is 1. The lowest BCUT2D eigenvalue weighted by atomic mass is 10.2. The molecular formula is C12H17FN2O3S. The topological polar surface area (TPSA) is 80.5 Å². The van der Waals surface area contributed by atoms with Crippen LogP contribution in [0.3, 0.4) is 0 Å². The lowest BCUT2D eigenvalue weighted by Crippen LogP contribution is -2.37. The number of carbonyl (C=O) groups is 1. The monoisotopic (exact) mass is 288 g/mol. The Morgan fingerprint density at radius 3 is 2.37 bits per heavy atom. The highest BCUT2D eigenvalue weighted by Gasteiger charge is 2.19. The first kappa shape index (κ1) is 15.6. The second-order valence-corrected chi connectivity index (χ2v) is 6.37. The van der Waals surface area contributed by atoms with Crippen molar-refractivity contribution in [3.8, 4) is 0 Å². The SMILES string of the molecule is CS(=O)(=O)CC(=O)N(CCCN)c1ccc(F)cc1. The van der Waals surface area contributed by atoms with Crippen LogP contribution in [0.4, 0.5) is 10.1 Å². The van der Waals surface area contributed by atoms with E-state index in [9.17, 15) is 17.6 Å². The van der Waals surface area contributed by atoms with E-state index in [1.165, 1.54) is 29.2 Å². The standard InChI is InChI=1S/C12H17FN2O3S/c1-19(17,18)9-12(16)15(8-2-7-14)11-5-3-10(13)4-6-11/h3-6H,2,7-9,14H2,1H3. The zero-order valence-corrected chi connectivity index (χ0v) is 11.5. The summed E-state index contributed by atoms with van der Waals surface area (Å²) in [6.45, 7) is 0.681. The molecule has 0 aliphatic carbocycles. The van der Waals surface area contributed by atoms with E-state index in [1.807, 2.05) is 0 Å². The largest absolute Gasteiger partial charge is 0.330 e. The second kappa shape index (κ2) is 6.63. The maximum Gasteiger partial charge on any atom is 0.242 e. The van der Waals surface area contributed by atoms with Crippen molar-refractivity contribution in [2.24, 2.45) is 5.73 Å². The van der Waals surface area contributed by atoms with Crippen molar-refractivity contribution in [1.29, 1.82) is 0 Å². The van der Waals surface area contributed by atoms with E-state index < -0.39 is 27.3 Å². The van der Waals surface area contributed by atoms with Gasteiger partial charge in [-0.15, -0.1) is 0 Å². The molecule has 0 aromatic heterocycles. The van der Waals surface area contributed by atoms with Crippen molar-refractivity contribution >= 4 is 21.4 Å². The van der Waals surface area contributed by atoms with Crippen LogP contribution < -0.4 is 10.6 Å². The summed E-state index contributed by atoms with van der Waals surface area (Å²) >= 11 is 0. The third kappa shape index (κ3) is 5.35. The predicted octanol–water partition coefficient (Wildman–Crippen LogP) is 0.552. The molecule has 0 unspecified atom stereocenters. The van der Waals surface area contributed by atoms with Gasteiger partial charge in [0.25, 0.3) is 0 Å². The number of nitrogens with two attached hydrogens (primary N) is 1. The summed E-state index contributed by atoms with van der Waals surface area (Å²) < 4.78 is 35.2. The fraction of sp³-hybridized carbons (Fsp3) is 0.417. The maximum absolute atomic E-state index is 12.9. The third-order valence-electron chi connectivity index (χ3n) is 2.41. The number of hydrogen-bond donors (Lipinski definition) is 1. The van der Waals surface area contributed by atoms with Gasteiger partial charge in [-0.1, -0.05) is 0 Å². The molecular weight excluding hydrogens is 271 g/mol. The van der Waals surface area contributed by atoms with Gasteiger partial charge in [0.1, 0.15) is 11.6 Å². The molecule has 0 radical (unpaired) electrons. The van der Waals surface area contributed by atoms with Crippen LogP contribution in [0.1, 0.15) is 6.42 Å². The van der Waals surface area contributed by atoms with Crippen LogP contribution in [-0.4, -0.2) is 39.4 Å². The zero-order valence-electron chi connectivity index (χ0n) is 10.7. The minimum atomic E-state index is -3.41. The Morgan fingerprint density at radius 1 is 1.32 bits per heavy atom. The van der Waals surface area contributed by atoms with Crippen LogP contribution in [0.25, 0.3) is 0 Å². The molecule has 106 valence electrons. The number of benzene rings is 1. The maximum atomic E-state index is 12.9. The van der Waals surface area contributed by atoms with Gasteiger partial charge in [-0.2, -0.15) is 0 Å². The normalized spacial score (nSPS) is 11.3. The molecule has 0 fully saturated rings. The number of halogens is 1. The van der Waals surface area contributed by atoms with Crippen LogP contribution in [0.5, 0.6) is 0 Å². The molecule has 2 N–H and O–H groups in total. The number of anilines is 1. The number of rotatable bonds is 6. The molecule has 0 saturated heterocycles. The third-order valence-corrected chi connectivity index (χ3v) is 3.18. The van der Waals surface area contributed by atoms with Crippen molar-refractivity contribution in [2.45, 2.75) is 6.42 Å². The molecule has 0 bridgehead atoms. The van der Waals surface area contributed by atoms with Crippen LogP contribution in [-0.2, 0) is 14.6 Å². The molecule has 1 aromatic carbocycles. The van der Waals surface area contributed by atoms with Crippen molar-refractivity contribution in [3.05, 3.63) is 30.1 Å². The molecule has 0 saturated carbocycles. The minimum absolute atomic E-state index is 0.302. The number of amides is 1. The highest BCUT2D eigenvalue weighted by molar-refractivity contribution is 7.91. The average molecular weight is 288 g/mol. The summed E-state index contributed by atoms with van der Waals surface area (Å²) in [7, 11) is -3.41. The molecule has 1 rings (SSSR count). The predicted molar refractivity (Wildman–Crippen MR) is 72.1 cm³/mol. The molecule has 5 nitrogen and oxygen atoms in total. The van der Waals surface area contributed by atoms with Crippen LogP contribution >= 0.6 is 0 Å². The molecule has 19 heavy (non-hydrogen) atoms. The lowest BCUT2D eigenvalue weighted by molar-refractivity contribution is -0.116. The van der Waals surface area contributed by atoms with E-state index >= 15 is 0 Å². The van der Waals surface area contributed by atoms with Gasteiger partial charge >= 0.3 is 0 Å². The van der Waals surface area contributed by atoms with Gasteiger partial charge < -0.3 is 10.6 Å². The van der Waals surface area contributed by atoms with Crippen LogP contribution in [0.2, 0.25) is 0 Å². The molecule has 1 aromatic rings. The van der Waals surface area contributed by atoms with Crippen LogP contribution in [0.15, 0.2) is 24.3 Å². The van der Waals surface area contributed by atoms with Crippen molar-refractivity contribution in [1.82, 2.24) is 0 Å². The molecule has 0 spiro atoms. The van der Waals surface area contributed by atoms with Gasteiger partial charge in [0.15, 0.2) is 9.84 Å². The van der Waals surface area contributed by atoms with Gasteiger partial charge in [-0.25, -0.2) is 12.8 Å². The van der Waals surface area contributed by atoms with E-state index in [2.05, 4.69) is 0 Å². The highest BCUT2D eigenvalue weighted by atomic mass is 32.2. The summed E-state index contributed by atoms with van der Waals surface area (Å²) in [5.74, 6) is -1.53. The Balaban J connectivity index is 2.94. The van der Waals surface area contributed by atoms with Crippen molar-refractivity contribution in [2.75, 3.05) is 30.0 Å². The molecule has 0 atom stereocenters. The summed E-state index contributed by atoms with van der Waals surface area (Å²) in [5, 5.41) is 0. The fourth-order valence-corrected chi connectivity index (χ4v) is 2.17. The number of sulfone groups is 1. The highest BCUT2D eigenvalue weighted by Crippen LogP contribution is 2.16. The van der Waals surface area contributed by atoms with E-state index in [4.69, 9.17) is 5.73 Å². The minimum Gasteiger partial charge on any atom is -0.330 e. The van der Waals surface area contributed by atoms with E-state index in [0.29, 0.717) is 25.2 Å². The molecule has 0 aliphatic heterocycles. The Kier molecular flexibility index (Phi) is 5.44. The number of carbonyl (C=O) groups excluding carboxylic acids is 1. The Labute approximate surface area is 112 Å². The molecule has 0 heterocycles. The van der Waals surface area contributed by atoms with Gasteiger partial charge in [0.2, 0.25) is 5.91 Å². The summed E-state index contributed by atoms with van der Waals surface area (Å²) in [5.41, 5.74) is 5.85. The van der Waals surface area contributed by atoms with Gasteiger partial charge in [-0.3, -0.25) is 4.79 Å². The summed E-state index contributed by atoms with van der Waals surface area (Å²) in [4.78, 5) is 13.3. The first-order valence-corrected chi connectivity index (χ1v) is 7.83. The van der Waals surface area contributed by atoms with Crippen molar-refractivity contribution in [3.63, 3.8) is 0 Å². The van der Waals surface area contributed by atoms with Crippen molar-refractivity contribution < 1.29 is 17.6 Å². The molecule has 7 heteroatoms. The zero-order chi connectivity index (χ0) is 14.5. The first-order valence-electron chi connectivity index (χ1n) is 5.77. The van der Waals surface area contributed by atoms with Gasteiger partial charge in [-0.05, 0) is 37.2 Å². The number of hydrogen-bond acceptors (Lipinski definition) is 4. The summed E-state index contributed by atoms with van der Waals surface area (Å²) in [6, 6.07) is 5.31.